The van der Waals surface area contributed by atoms with Crippen LogP contribution in [0.5, 0.6) is 11.5 Å². The zero-order chi connectivity index (χ0) is 29.8. The molecule has 0 fully saturated rings. The van der Waals surface area contributed by atoms with E-state index in [0.717, 1.165) is 51.3 Å². The van der Waals surface area contributed by atoms with Crippen molar-refractivity contribution in [3.63, 3.8) is 0 Å². The molecule has 0 radical (unpaired) electrons. The van der Waals surface area contributed by atoms with Crippen molar-refractivity contribution in [3.05, 3.63) is 107 Å². The van der Waals surface area contributed by atoms with E-state index in [9.17, 15) is 4.79 Å². The van der Waals surface area contributed by atoms with Gasteiger partial charge in [-0.15, -0.1) is 0 Å². The van der Waals surface area contributed by atoms with E-state index >= 15 is 0 Å². The number of carbonyl (C=O) groups excluding carboxylic acids is 1. The minimum atomic E-state index is -0.374. The van der Waals surface area contributed by atoms with Gasteiger partial charge < -0.3 is 0 Å². The van der Waals surface area contributed by atoms with Gasteiger partial charge in [-0.25, -0.2) is 0 Å². The molecule has 3 aromatic carbocycles. The van der Waals surface area contributed by atoms with Gasteiger partial charge in [0, 0.05) is 0 Å². The average molecular weight is 639 g/mol. The molecule has 3 N–H and O–H groups in total. The summed E-state index contributed by atoms with van der Waals surface area (Å²) in [6.45, 7) is 0.481. The molecule has 10 heteroatoms. The number of aromatic nitrogens is 5. The van der Waals surface area contributed by atoms with Crippen LogP contribution in [0.1, 0.15) is 34.4 Å². The maximum atomic E-state index is 12.8. The summed E-state index contributed by atoms with van der Waals surface area (Å²) in [5.74, 6) is 2.98. The van der Waals surface area contributed by atoms with Gasteiger partial charge in [-0.3, -0.25) is 0 Å². The fraction of sp³-hybridized carbons (Fsp3) is 0.242. The third kappa shape index (κ3) is 6.04. The number of H-pyrrole nitrogens is 2. The summed E-state index contributed by atoms with van der Waals surface area (Å²) < 4.78 is 13.3. The van der Waals surface area contributed by atoms with E-state index in [-0.39, 0.29) is 11.9 Å². The van der Waals surface area contributed by atoms with Crippen LogP contribution in [0.2, 0.25) is 5.21 Å². The van der Waals surface area contributed by atoms with Crippen LogP contribution in [0, 0.1) is 0 Å². The SMILES string of the molecule is COc1ccc(Cn2c(CCc3c[nH]c4ccccc34)nnc2C(Cc2c[nH]c3ccccc23)NC(=O)C[AsH2])c(OC)c1. The fourth-order valence-electron chi connectivity index (χ4n) is 5.68. The third-order valence-corrected chi connectivity index (χ3v) is 8.68. The molecule has 2 atom stereocenters. The van der Waals surface area contributed by atoms with Crippen molar-refractivity contribution in [2.24, 2.45) is 0 Å². The molecule has 9 nitrogen and oxygen atoms in total. The average Bonchev–Trinajstić information content (AvgIpc) is 3.77. The molecule has 2 unspecified atom stereocenters. The number of nitrogens with one attached hydrogen (secondary N) is 3. The number of methoxy groups -OCH3 is 2. The Balaban J connectivity index is 1.39. The second kappa shape index (κ2) is 12.8. The molecule has 1 amide bonds. The van der Waals surface area contributed by atoms with Gasteiger partial charge in [0.25, 0.3) is 0 Å². The van der Waals surface area contributed by atoms with Crippen LogP contribution in [-0.2, 0) is 30.6 Å². The van der Waals surface area contributed by atoms with Gasteiger partial charge in [-0.1, -0.05) is 12.1 Å². The molecule has 43 heavy (non-hydrogen) atoms. The molecule has 0 aliphatic carbocycles. The van der Waals surface area contributed by atoms with Crippen molar-refractivity contribution in [3.8, 4) is 11.5 Å². The molecular formula is C33H35AsN6O3. The van der Waals surface area contributed by atoms with Crippen molar-refractivity contribution in [2.75, 3.05) is 14.2 Å². The van der Waals surface area contributed by atoms with Crippen LogP contribution in [0.25, 0.3) is 21.8 Å². The van der Waals surface area contributed by atoms with E-state index in [0.29, 0.717) is 30.4 Å². The summed E-state index contributed by atoms with van der Waals surface area (Å²) in [5, 5.41) is 15.5. The molecule has 6 rings (SSSR count). The minimum absolute atomic E-state index is 0.0123. The molecule has 0 aliphatic heterocycles. The zero-order valence-corrected chi connectivity index (χ0v) is 26.7. The Morgan fingerprint density at radius 3 is 2.28 bits per heavy atom. The molecule has 0 saturated carbocycles. The summed E-state index contributed by atoms with van der Waals surface area (Å²) >= 11 is 1.37. The summed E-state index contributed by atoms with van der Waals surface area (Å²) in [6.07, 6.45) is 6.13. The van der Waals surface area contributed by atoms with Crippen LogP contribution < -0.4 is 14.8 Å². The zero-order valence-electron chi connectivity index (χ0n) is 24.3. The molecular weight excluding hydrogens is 603 g/mol. The monoisotopic (exact) mass is 638 g/mol. The molecule has 0 saturated heterocycles. The molecule has 3 heterocycles. The number of fused-ring (bicyclic) bond motifs is 2. The van der Waals surface area contributed by atoms with Gasteiger partial charge in [0.1, 0.15) is 0 Å². The number of carbonyl (C=O) groups is 1. The number of amides is 1. The molecule has 3 aromatic heterocycles. The van der Waals surface area contributed by atoms with Gasteiger partial charge in [0.05, 0.1) is 7.11 Å². The molecule has 0 bridgehead atoms. The Bertz CT molecular complexity index is 1870. The van der Waals surface area contributed by atoms with Crippen molar-refractivity contribution >= 4 is 44.6 Å². The first-order chi connectivity index (χ1) is 21.1. The second-order valence-electron chi connectivity index (χ2n) is 10.5. The first-order valence-corrected chi connectivity index (χ1v) is 16.0. The Labute approximate surface area is 258 Å². The van der Waals surface area contributed by atoms with Crippen LogP contribution in [0.4, 0.5) is 0 Å². The van der Waals surface area contributed by atoms with E-state index in [1.165, 1.54) is 27.8 Å². The van der Waals surface area contributed by atoms with Crippen LogP contribution in [0.15, 0.2) is 79.1 Å². The summed E-state index contributed by atoms with van der Waals surface area (Å²) in [7, 11) is 3.30. The quantitative estimate of drug-likeness (QED) is 0.171. The van der Waals surface area contributed by atoms with E-state index < -0.39 is 0 Å². The number of aromatic amines is 2. The number of para-hydroxylation sites is 2. The molecule has 6 aromatic rings. The number of ether oxygens (including phenoxy) is 2. The second-order valence-corrected chi connectivity index (χ2v) is 11.3. The normalized spacial score (nSPS) is 12.1. The van der Waals surface area contributed by atoms with Crippen LogP contribution >= 0.6 is 0 Å². The van der Waals surface area contributed by atoms with E-state index in [2.05, 4.69) is 56.4 Å². The van der Waals surface area contributed by atoms with Gasteiger partial charge in [0.2, 0.25) is 0 Å². The van der Waals surface area contributed by atoms with E-state index in [4.69, 9.17) is 19.7 Å². The Kier molecular flexibility index (Phi) is 8.52. The van der Waals surface area contributed by atoms with Gasteiger partial charge in [-0.05, 0) is 6.07 Å². The van der Waals surface area contributed by atoms with Gasteiger partial charge in [-0.2, -0.15) is 0 Å². The van der Waals surface area contributed by atoms with Crippen molar-refractivity contribution < 1.29 is 14.3 Å². The molecule has 0 aliphatic rings. The number of rotatable bonds is 12. The van der Waals surface area contributed by atoms with Gasteiger partial charge >= 0.3 is 234 Å². The van der Waals surface area contributed by atoms with Crippen LogP contribution in [0.3, 0.4) is 0 Å². The molecule has 0 spiro atoms. The third-order valence-electron chi connectivity index (χ3n) is 7.90. The summed E-state index contributed by atoms with van der Waals surface area (Å²) in [4.78, 5) is 19.6. The predicted octanol–water partition coefficient (Wildman–Crippen LogP) is 4.54. The number of hydrogen-bond donors (Lipinski definition) is 3. The summed E-state index contributed by atoms with van der Waals surface area (Å²) in [5.41, 5.74) is 5.48. The van der Waals surface area contributed by atoms with Crippen molar-refractivity contribution in [2.45, 2.75) is 37.1 Å². The summed E-state index contributed by atoms with van der Waals surface area (Å²) in [6, 6.07) is 22.0. The first kappa shape index (κ1) is 28.6. The Morgan fingerprint density at radius 2 is 1.58 bits per heavy atom. The molecule has 220 valence electrons. The Morgan fingerprint density at radius 1 is 0.884 bits per heavy atom. The number of hydrogen-bond acceptors (Lipinski definition) is 5. The van der Waals surface area contributed by atoms with Crippen LogP contribution in [-0.4, -0.2) is 61.7 Å². The number of benzene rings is 3. The Hall–Kier alpha value is -4.49. The predicted molar refractivity (Wildman–Crippen MR) is 171 cm³/mol. The first-order valence-electron chi connectivity index (χ1n) is 14.3. The van der Waals surface area contributed by atoms with Gasteiger partial charge in [0.15, 0.2) is 0 Å². The van der Waals surface area contributed by atoms with E-state index in [1.54, 1.807) is 14.2 Å². The standard InChI is InChI=1S/C33H35AsN6O3/c1-42-24-13-11-22(30(16-24)43-2)20-40-31(14-12-21-18-35-27-9-5-3-7-25(21)27)38-39-33(40)29(37-32(41)17-34)15-23-19-36-28-10-6-4-8-26(23)28/h3-11,13,16,18-19,29,35-36H,12,14-15,17,20,34H2,1-2H3,(H,37,41). The van der Waals surface area contributed by atoms with E-state index in [1.807, 2.05) is 42.6 Å². The van der Waals surface area contributed by atoms with Crippen molar-refractivity contribution in [1.29, 1.82) is 0 Å². The number of nitrogens with zero attached hydrogens (tertiary/aromatic N) is 3. The topological polar surface area (TPSA) is 110 Å². The fourth-order valence-corrected chi connectivity index (χ4v) is 5.93. The van der Waals surface area contributed by atoms with Crippen molar-refractivity contribution in [1.82, 2.24) is 30.0 Å². The number of aryl methyl sites for hydroxylation is 2. The maximum absolute atomic E-state index is 12.8.